The average Bonchev–Trinajstić information content (AvgIpc) is 2.29. The number of hydrogen-bond acceptors (Lipinski definition) is 3. The second kappa shape index (κ2) is 6.49. The molecule has 0 amide bonds. The second-order valence-electron chi connectivity index (χ2n) is 3.50. The maximum absolute atomic E-state index is 13.1. The summed E-state index contributed by atoms with van der Waals surface area (Å²) >= 11 is 1.27. The Hall–Kier alpha value is -1.23. The summed E-state index contributed by atoms with van der Waals surface area (Å²) in [5.41, 5.74) is 0.678. The largest absolute Gasteiger partial charge is 0.496 e. The third-order valence-electron chi connectivity index (χ3n) is 2.33. The lowest BCUT2D eigenvalue weighted by Crippen LogP contribution is -2.15. The Morgan fingerprint density at radius 1 is 1.59 bits per heavy atom. The first-order valence-corrected chi connectivity index (χ1v) is 6.30. The predicted molar refractivity (Wildman–Crippen MR) is 66.0 cm³/mol. The molecular weight excluding hydrogens is 243 g/mol. The second-order valence-corrected chi connectivity index (χ2v) is 4.69. The van der Waals surface area contributed by atoms with E-state index in [2.05, 4.69) is 0 Å². The maximum atomic E-state index is 13.1. The lowest BCUT2D eigenvalue weighted by molar-refractivity contribution is -0.136. The number of halogens is 1. The highest BCUT2D eigenvalue weighted by Crippen LogP contribution is 2.27. The number of carboxylic acid groups (broad SMARTS) is 1. The Balaban J connectivity index is 2.73. The van der Waals surface area contributed by atoms with Gasteiger partial charge < -0.3 is 9.84 Å². The van der Waals surface area contributed by atoms with Gasteiger partial charge in [-0.15, -0.1) is 11.8 Å². The zero-order chi connectivity index (χ0) is 12.8. The molecule has 3 nitrogen and oxygen atoms in total. The molecule has 1 aromatic carbocycles. The molecule has 1 rings (SSSR count). The molecule has 0 radical (unpaired) electrons. The van der Waals surface area contributed by atoms with Gasteiger partial charge in [-0.05, 0) is 24.6 Å². The van der Waals surface area contributed by atoms with Crippen LogP contribution in [0.15, 0.2) is 18.2 Å². The molecular formula is C12H15FO3S. The molecule has 5 heteroatoms. The smallest absolute Gasteiger partial charge is 0.316 e. The van der Waals surface area contributed by atoms with E-state index >= 15 is 0 Å². The first-order valence-electron chi connectivity index (χ1n) is 5.25. The fourth-order valence-corrected chi connectivity index (χ4v) is 2.40. The number of benzene rings is 1. The van der Waals surface area contributed by atoms with Gasteiger partial charge in [0.2, 0.25) is 0 Å². The van der Waals surface area contributed by atoms with Crippen molar-refractivity contribution in [1.29, 1.82) is 0 Å². The van der Waals surface area contributed by atoms with Gasteiger partial charge in [0.15, 0.2) is 0 Å². The van der Waals surface area contributed by atoms with E-state index in [0.29, 0.717) is 23.5 Å². The van der Waals surface area contributed by atoms with E-state index < -0.39 is 11.2 Å². The number of ether oxygens (including phenoxy) is 1. The fourth-order valence-electron chi connectivity index (χ4n) is 1.41. The van der Waals surface area contributed by atoms with E-state index in [0.717, 1.165) is 0 Å². The van der Waals surface area contributed by atoms with Gasteiger partial charge in [0.1, 0.15) is 16.8 Å². The number of methoxy groups -OCH3 is 1. The number of carbonyl (C=O) groups is 1. The van der Waals surface area contributed by atoms with E-state index in [4.69, 9.17) is 9.84 Å². The van der Waals surface area contributed by atoms with Crippen molar-refractivity contribution in [2.45, 2.75) is 24.3 Å². The van der Waals surface area contributed by atoms with Crippen LogP contribution < -0.4 is 4.74 Å². The minimum atomic E-state index is -0.840. The van der Waals surface area contributed by atoms with Crippen LogP contribution in [-0.4, -0.2) is 23.4 Å². The van der Waals surface area contributed by atoms with Gasteiger partial charge in [0, 0.05) is 11.3 Å². The average molecular weight is 258 g/mol. The van der Waals surface area contributed by atoms with Crippen LogP contribution in [0.5, 0.6) is 5.75 Å². The van der Waals surface area contributed by atoms with E-state index in [9.17, 15) is 9.18 Å². The van der Waals surface area contributed by atoms with Gasteiger partial charge in [-0.25, -0.2) is 4.39 Å². The summed E-state index contributed by atoms with van der Waals surface area (Å²) in [6.45, 7) is 1.81. The zero-order valence-electron chi connectivity index (χ0n) is 9.77. The summed E-state index contributed by atoms with van der Waals surface area (Å²) in [5, 5.41) is 8.44. The molecule has 94 valence electrons. The predicted octanol–water partition coefficient (Wildman–Crippen LogP) is 2.93. The van der Waals surface area contributed by atoms with Crippen LogP contribution in [0.1, 0.15) is 18.9 Å². The molecule has 0 heterocycles. The summed E-state index contributed by atoms with van der Waals surface area (Å²) in [4.78, 5) is 10.8. The van der Waals surface area contributed by atoms with Crippen molar-refractivity contribution < 1.29 is 19.0 Å². The van der Waals surface area contributed by atoms with Crippen LogP contribution in [0.4, 0.5) is 4.39 Å². The third kappa shape index (κ3) is 3.93. The van der Waals surface area contributed by atoms with Crippen molar-refractivity contribution in [2.24, 2.45) is 0 Å². The van der Waals surface area contributed by atoms with Crippen LogP contribution in [0.3, 0.4) is 0 Å². The Labute approximate surface area is 104 Å². The molecule has 0 spiro atoms. The lowest BCUT2D eigenvalue weighted by atomic mass is 10.2. The van der Waals surface area contributed by atoms with Gasteiger partial charge in [-0.1, -0.05) is 6.92 Å². The number of thioether (sulfide) groups is 1. The summed E-state index contributed by atoms with van der Waals surface area (Å²) in [7, 11) is 1.51. The summed E-state index contributed by atoms with van der Waals surface area (Å²) in [6.07, 6.45) is 0.539. The quantitative estimate of drug-likeness (QED) is 0.852. The summed E-state index contributed by atoms with van der Waals surface area (Å²) < 4.78 is 18.2. The van der Waals surface area contributed by atoms with E-state index in [-0.39, 0.29) is 5.82 Å². The minimum Gasteiger partial charge on any atom is -0.496 e. The van der Waals surface area contributed by atoms with Gasteiger partial charge in [-0.3, -0.25) is 4.79 Å². The summed E-state index contributed by atoms with van der Waals surface area (Å²) in [6, 6.07) is 4.24. The van der Waals surface area contributed by atoms with Gasteiger partial charge in [-0.2, -0.15) is 0 Å². The molecule has 1 N–H and O–H groups in total. The van der Waals surface area contributed by atoms with Crippen LogP contribution in [0.25, 0.3) is 0 Å². The normalized spacial score (nSPS) is 12.2. The Bertz CT molecular complexity index is 395. The van der Waals surface area contributed by atoms with E-state index in [1.807, 2.05) is 6.92 Å². The molecule has 0 bridgehead atoms. The maximum Gasteiger partial charge on any atom is 0.316 e. The van der Waals surface area contributed by atoms with Gasteiger partial charge >= 0.3 is 5.97 Å². The highest BCUT2D eigenvalue weighted by molar-refractivity contribution is 7.99. The Kier molecular flexibility index (Phi) is 5.28. The van der Waals surface area contributed by atoms with E-state index in [1.54, 1.807) is 6.07 Å². The third-order valence-corrected chi connectivity index (χ3v) is 3.74. The Morgan fingerprint density at radius 3 is 2.82 bits per heavy atom. The van der Waals surface area contributed by atoms with Crippen molar-refractivity contribution >= 4 is 17.7 Å². The molecule has 1 unspecified atom stereocenters. The molecule has 1 atom stereocenters. The number of rotatable bonds is 6. The topological polar surface area (TPSA) is 46.5 Å². The van der Waals surface area contributed by atoms with Crippen molar-refractivity contribution in [3.8, 4) is 5.75 Å². The molecule has 1 aromatic rings. The van der Waals surface area contributed by atoms with Crippen LogP contribution >= 0.6 is 11.8 Å². The van der Waals surface area contributed by atoms with Crippen LogP contribution in [0.2, 0.25) is 0 Å². The number of aliphatic carboxylic acids is 1. The molecule has 0 saturated heterocycles. The minimum absolute atomic E-state index is 0.343. The van der Waals surface area contributed by atoms with Crippen LogP contribution in [-0.2, 0) is 10.5 Å². The molecule has 0 fully saturated rings. The first-order chi connectivity index (χ1) is 8.08. The Morgan fingerprint density at radius 2 is 2.29 bits per heavy atom. The molecule has 17 heavy (non-hydrogen) atoms. The van der Waals surface area contributed by atoms with Crippen molar-refractivity contribution in [1.82, 2.24) is 0 Å². The zero-order valence-corrected chi connectivity index (χ0v) is 10.6. The van der Waals surface area contributed by atoms with Crippen molar-refractivity contribution in [2.75, 3.05) is 7.11 Å². The van der Waals surface area contributed by atoms with Crippen molar-refractivity contribution in [3.05, 3.63) is 29.6 Å². The van der Waals surface area contributed by atoms with Crippen molar-refractivity contribution in [3.63, 3.8) is 0 Å². The standard InChI is InChI=1S/C12H15FO3S/c1-3-11(12(14)15)17-7-8-6-9(13)4-5-10(8)16-2/h4-6,11H,3,7H2,1-2H3,(H,14,15). The molecule has 0 aromatic heterocycles. The summed E-state index contributed by atoms with van der Waals surface area (Å²) in [5.74, 6) is -0.178. The number of hydrogen-bond donors (Lipinski definition) is 1. The highest BCUT2D eigenvalue weighted by atomic mass is 32.2. The SMILES string of the molecule is CCC(SCc1cc(F)ccc1OC)C(=O)O. The molecule has 0 aliphatic heterocycles. The first kappa shape index (κ1) is 13.8. The fraction of sp³-hybridized carbons (Fsp3) is 0.417. The van der Waals surface area contributed by atoms with Crippen LogP contribution in [0, 0.1) is 5.82 Å². The molecule has 0 aliphatic rings. The van der Waals surface area contributed by atoms with Gasteiger partial charge in [0.05, 0.1) is 7.11 Å². The molecule has 0 saturated carbocycles. The van der Waals surface area contributed by atoms with E-state index in [1.165, 1.54) is 31.0 Å². The lowest BCUT2D eigenvalue weighted by Gasteiger charge is -2.11. The highest BCUT2D eigenvalue weighted by Gasteiger charge is 2.16. The van der Waals surface area contributed by atoms with Gasteiger partial charge in [0.25, 0.3) is 0 Å². The number of carboxylic acids is 1. The monoisotopic (exact) mass is 258 g/mol. The molecule has 0 aliphatic carbocycles.